The van der Waals surface area contributed by atoms with E-state index in [1.165, 1.54) is 11.8 Å². The number of nitrogens with zero attached hydrogens (tertiary/aromatic N) is 4. The van der Waals surface area contributed by atoms with E-state index >= 15 is 0 Å². The number of ketones is 1. The molecule has 7 heteroatoms. The zero-order valence-electron chi connectivity index (χ0n) is 16.2. The molecule has 0 radical (unpaired) electrons. The van der Waals surface area contributed by atoms with Crippen molar-refractivity contribution < 1.29 is 9.53 Å². The minimum absolute atomic E-state index is 0.0635. The first-order valence-electron chi connectivity index (χ1n) is 9.20. The van der Waals surface area contributed by atoms with Gasteiger partial charge in [-0.1, -0.05) is 60.3 Å². The highest BCUT2D eigenvalue weighted by Crippen LogP contribution is 2.25. The maximum Gasteiger partial charge on any atom is 0.191 e. The lowest BCUT2D eigenvalue weighted by atomic mass is 10.2. The normalized spacial score (nSPS) is 11.0. The maximum absolute atomic E-state index is 12.3. The molecule has 29 heavy (non-hydrogen) atoms. The van der Waals surface area contributed by atoms with Gasteiger partial charge in [0.15, 0.2) is 16.8 Å². The molecule has 0 bridgehead atoms. The number of aromatic nitrogens is 4. The molecule has 0 aliphatic carbocycles. The van der Waals surface area contributed by atoms with Crippen molar-refractivity contribution in [3.63, 3.8) is 0 Å². The number of aryl methyl sites for hydroxylation is 1. The molecule has 146 valence electrons. The second-order valence-electron chi connectivity index (χ2n) is 6.60. The van der Waals surface area contributed by atoms with Crippen LogP contribution < -0.4 is 4.74 Å². The predicted octanol–water partition coefficient (Wildman–Crippen LogP) is 4.23. The highest BCUT2D eigenvalue weighted by Gasteiger charge is 2.13. The van der Waals surface area contributed by atoms with Crippen molar-refractivity contribution in [2.75, 3.05) is 5.75 Å². The van der Waals surface area contributed by atoms with Crippen LogP contribution in [0.15, 0.2) is 65.8 Å². The third kappa shape index (κ3) is 4.30. The molecule has 0 N–H and O–H groups in total. The molecule has 2 aromatic carbocycles. The quantitative estimate of drug-likeness (QED) is 0.339. The zero-order chi connectivity index (χ0) is 20.2. The molecular weight excluding hydrogens is 384 g/mol. The summed E-state index contributed by atoms with van der Waals surface area (Å²) in [6.07, 6.45) is 0. The zero-order valence-corrected chi connectivity index (χ0v) is 17.0. The number of carbonyl (C=O) groups is 1. The van der Waals surface area contributed by atoms with E-state index in [4.69, 9.17) is 4.74 Å². The van der Waals surface area contributed by atoms with Crippen LogP contribution in [0.2, 0.25) is 0 Å². The van der Waals surface area contributed by atoms with Crippen LogP contribution in [-0.4, -0.2) is 31.3 Å². The van der Waals surface area contributed by atoms with E-state index in [2.05, 4.69) is 15.2 Å². The molecule has 0 unspecified atom stereocenters. The smallest absolute Gasteiger partial charge is 0.191 e. The minimum atomic E-state index is 0.0635. The third-order valence-corrected chi connectivity index (χ3v) is 5.55. The molecular formula is C22H20N4O2S. The molecule has 6 nitrogen and oxygen atoms in total. The molecule has 4 aromatic rings. The summed E-state index contributed by atoms with van der Waals surface area (Å²) in [5.41, 5.74) is 2.47. The van der Waals surface area contributed by atoms with Gasteiger partial charge in [0, 0.05) is 23.7 Å². The lowest BCUT2D eigenvalue weighted by Gasteiger charge is -2.09. The van der Waals surface area contributed by atoms with E-state index in [1.54, 1.807) is 0 Å². The monoisotopic (exact) mass is 404 g/mol. The van der Waals surface area contributed by atoms with E-state index in [9.17, 15) is 4.79 Å². The Morgan fingerprint density at radius 2 is 1.86 bits per heavy atom. The van der Waals surface area contributed by atoms with E-state index in [0.717, 1.165) is 16.6 Å². The second-order valence-corrected chi connectivity index (χ2v) is 7.55. The number of benzene rings is 2. The van der Waals surface area contributed by atoms with Crippen LogP contribution in [-0.2, 0) is 13.7 Å². The molecule has 0 spiro atoms. The Morgan fingerprint density at radius 1 is 1.03 bits per heavy atom. The first kappa shape index (κ1) is 19.1. The number of Topliss-reactive ketones (excluding diaryl/α,β-unsaturated/α-hetero) is 1. The number of ether oxygens (including phenoxy) is 1. The fourth-order valence-corrected chi connectivity index (χ4v) is 3.73. The Bertz CT molecular complexity index is 1160. The number of pyridine rings is 1. The summed E-state index contributed by atoms with van der Waals surface area (Å²) in [5, 5.41) is 10.1. The average molecular weight is 404 g/mol. The highest BCUT2D eigenvalue weighted by molar-refractivity contribution is 7.99. The summed E-state index contributed by atoms with van der Waals surface area (Å²) in [6, 6.07) is 19.1. The van der Waals surface area contributed by atoms with Crippen molar-refractivity contribution >= 4 is 28.4 Å². The van der Waals surface area contributed by atoms with Crippen molar-refractivity contribution in [2.45, 2.75) is 18.7 Å². The van der Waals surface area contributed by atoms with Gasteiger partial charge in [0.05, 0.1) is 5.75 Å². The minimum Gasteiger partial charge on any atom is -0.483 e. The van der Waals surface area contributed by atoms with Gasteiger partial charge in [-0.05, 0) is 19.1 Å². The Balaban J connectivity index is 1.43. The van der Waals surface area contributed by atoms with Gasteiger partial charge in [-0.2, -0.15) is 0 Å². The predicted molar refractivity (Wildman–Crippen MR) is 113 cm³/mol. The number of hydrogen-bond donors (Lipinski definition) is 0. The third-order valence-electron chi connectivity index (χ3n) is 4.53. The van der Waals surface area contributed by atoms with Crippen LogP contribution in [0.4, 0.5) is 0 Å². The first-order valence-corrected chi connectivity index (χ1v) is 10.2. The number of fused-ring (bicyclic) bond motifs is 1. The Hall–Kier alpha value is -3.19. The fraction of sp³-hybridized carbons (Fsp3) is 0.182. The molecule has 2 aromatic heterocycles. The molecule has 4 rings (SSSR count). The molecule has 2 heterocycles. The van der Waals surface area contributed by atoms with Crippen molar-refractivity contribution in [2.24, 2.45) is 7.05 Å². The van der Waals surface area contributed by atoms with Crippen molar-refractivity contribution in [1.29, 1.82) is 0 Å². The van der Waals surface area contributed by atoms with Gasteiger partial charge in [-0.15, -0.1) is 10.2 Å². The summed E-state index contributed by atoms with van der Waals surface area (Å²) in [5.74, 6) is 1.77. The van der Waals surface area contributed by atoms with Crippen LogP contribution in [0, 0.1) is 6.92 Å². The molecule has 0 saturated heterocycles. The van der Waals surface area contributed by atoms with Gasteiger partial charge in [0.2, 0.25) is 0 Å². The van der Waals surface area contributed by atoms with Crippen molar-refractivity contribution in [1.82, 2.24) is 19.7 Å². The van der Waals surface area contributed by atoms with Gasteiger partial charge in [-0.25, -0.2) is 4.98 Å². The Kier molecular flexibility index (Phi) is 5.57. The summed E-state index contributed by atoms with van der Waals surface area (Å²) < 4.78 is 7.84. The topological polar surface area (TPSA) is 69.9 Å². The van der Waals surface area contributed by atoms with Gasteiger partial charge >= 0.3 is 0 Å². The maximum atomic E-state index is 12.3. The van der Waals surface area contributed by atoms with Gasteiger partial charge in [0.1, 0.15) is 17.9 Å². The molecule has 0 fully saturated rings. The van der Waals surface area contributed by atoms with E-state index < -0.39 is 0 Å². The SMILES string of the molecule is Cc1ccc2cccc(OCc3nnc(SCC(=O)c4ccccc4)n3C)c2n1. The standard InChI is InChI=1S/C22H20N4O2S/c1-15-11-12-17-9-6-10-19(21(17)23-15)28-13-20-24-25-22(26(20)2)29-14-18(27)16-7-4-3-5-8-16/h3-12H,13-14H2,1-2H3. The van der Waals surface area contributed by atoms with Crippen molar-refractivity contribution in [3.8, 4) is 5.75 Å². The summed E-state index contributed by atoms with van der Waals surface area (Å²) in [4.78, 5) is 16.9. The molecule has 0 saturated carbocycles. The number of thioether (sulfide) groups is 1. The summed E-state index contributed by atoms with van der Waals surface area (Å²) >= 11 is 1.37. The van der Waals surface area contributed by atoms with Crippen LogP contribution >= 0.6 is 11.8 Å². The van der Waals surface area contributed by atoms with Crippen LogP contribution in [0.25, 0.3) is 10.9 Å². The number of rotatable bonds is 7. The lowest BCUT2D eigenvalue weighted by molar-refractivity contribution is 0.102. The van der Waals surface area contributed by atoms with Gasteiger partial charge in [-0.3, -0.25) is 4.79 Å². The van der Waals surface area contributed by atoms with E-state index in [0.29, 0.717) is 28.0 Å². The van der Waals surface area contributed by atoms with Gasteiger partial charge in [0.25, 0.3) is 0 Å². The van der Waals surface area contributed by atoms with E-state index in [1.807, 2.05) is 79.2 Å². The van der Waals surface area contributed by atoms with Crippen LogP contribution in [0.1, 0.15) is 21.9 Å². The number of hydrogen-bond acceptors (Lipinski definition) is 6. The average Bonchev–Trinajstić information content (AvgIpc) is 3.10. The van der Waals surface area contributed by atoms with Crippen LogP contribution in [0.3, 0.4) is 0 Å². The van der Waals surface area contributed by atoms with Crippen molar-refractivity contribution in [3.05, 3.63) is 77.7 Å². The molecule has 0 amide bonds. The largest absolute Gasteiger partial charge is 0.483 e. The van der Waals surface area contributed by atoms with Crippen LogP contribution in [0.5, 0.6) is 5.75 Å². The number of carbonyl (C=O) groups excluding carboxylic acids is 1. The molecule has 0 aliphatic heterocycles. The van der Waals surface area contributed by atoms with Gasteiger partial charge < -0.3 is 9.30 Å². The second kappa shape index (κ2) is 8.45. The first-order chi connectivity index (χ1) is 14.1. The Labute approximate surface area is 172 Å². The molecule has 0 aliphatic rings. The fourth-order valence-electron chi connectivity index (χ4n) is 2.91. The summed E-state index contributed by atoms with van der Waals surface area (Å²) in [7, 11) is 1.87. The Morgan fingerprint density at radius 3 is 2.69 bits per heavy atom. The number of para-hydroxylation sites is 1. The summed E-state index contributed by atoms with van der Waals surface area (Å²) in [6.45, 7) is 2.23. The molecule has 0 atom stereocenters. The highest BCUT2D eigenvalue weighted by atomic mass is 32.2. The van der Waals surface area contributed by atoms with E-state index in [-0.39, 0.29) is 12.4 Å². The lowest BCUT2D eigenvalue weighted by Crippen LogP contribution is -2.06.